The summed E-state index contributed by atoms with van der Waals surface area (Å²) in [7, 11) is 0. The van der Waals surface area contributed by atoms with Crippen LogP contribution in [0, 0.1) is 5.41 Å². The third kappa shape index (κ3) is 1.99. The van der Waals surface area contributed by atoms with Crippen molar-refractivity contribution >= 4 is 0 Å². The molecule has 0 aliphatic heterocycles. The highest BCUT2D eigenvalue weighted by Crippen LogP contribution is 2.42. The molecule has 15 heavy (non-hydrogen) atoms. The molecule has 1 aromatic rings. The molecular weight excluding hydrogens is 180 g/mol. The van der Waals surface area contributed by atoms with E-state index in [9.17, 15) is 0 Å². The summed E-state index contributed by atoms with van der Waals surface area (Å²) in [6.07, 6.45) is 9.56. The fraction of sp³-hybridized carbons (Fsp3) is 0.467. The molecule has 0 N–H and O–H groups in total. The van der Waals surface area contributed by atoms with Gasteiger partial charge >= 0.3 is 0 Å². The van der Waals surface area contributed by atoms with Crippen LogP contribution in [0.4, 0.5) is 0 Å². The van der Waals surface area contributed by atoms with E-state index in [1.54, 1.807) is 11.1 Å². The average molecular weight is 200 g/mol. The van der Waals surface area contributed by atoms with Crippen LogP contribution < -0.4 is 0 Å². The van der Waals surface area contributed by atoms with Gasteiger partial charge in [0.2, 0.25) is 0 Å². The molecule has 1 aliphatic rings. The SMILES string of the molecule is C/C=C/CC1(CC)Cc2ccccc2C1. The van der Waals surface area contributed by atoms with E-state index >= 15 is 0 Å². The molecule has 1 aromatic carbocycles. The molecular formula is C15H20. The zero-order chi connectivity index (χ0) is 10.7. The lowest BCUT2D eigenvalue weighted by molar-refractivity contribution is 0.296. The van der Waals surface area contributed by atoms with Crippen LogP contribution >= 0.6 is 0 Å². The highest BCUT2D eigenvalue weighted by atomic mass is 14.4. The molecule has 0 bridgehead atoms. The molecule has 0 heterocycles. The third-order valence-corrected chi connectivity index (χ3v) is 3.79. The Bertz CT molecular complexity index is 335. The van der Waals surface area contributed by atoms with Gasteiger partial charge in [-0.05, 0) is 49.1 Å². The third-order valence-electron chi connectivity index (χ3n) is 3.79. The van der Waals surface area contributed by atoms with Crippen LogP contribution in [0.3, 0.4) is 0 Å². The van der Waals surface area contributed by atoms with Crippen molar-refractivity contribution in [2.45, 2.75) is 39.5 Å². The zero-order valence-corrected chi connectivity index (χ0v) is 9.79. The molecule has 2 rings (SSSR count). The lowest BCUT2D eigenvalue weighted by Gasteiger charge is -2.25. The van der Waals surface area contributed by atoms with Gasteiger partial charge in [-0.3, -0.25) is 0 Å². The first-order valence-electron chi connectivity index (χ1n) is 5.97. The molecule has 0 spiro atoms. The quantitative estimate of drug-likeness (QED) is 0.643. The molecule has 0 saturated heterocycles. The smallest absolute Gasteiger partial charge is 0.0185 e. The van der Waals surface area contributed by atoms with Crippen LogP contribution in [0.15, 0.2) is 36.4 Å². The maximum Gasteiger partial charge on any atom is -0.0185 e. The van der Waals surface area contributed by atoms with Crippen LogP contribution in [-0.2, 0) is 12.8 Å². The largest absolute Gasteiger partial charge is 0.0916 e. The Labute approximate surface area is 93.0 Å². The maximum absolute atomic E-state index is 2.33. The molecule has 0 unspecified atom stereocenters. The number of rotatable bonds is 3. The topological polar surface area (TPSA) is 0 Å². The van der Waals surface area contributed by atoms with E-state index in [1.807, 2.05) is 0 Å². The van der Waals surface area contributed by atoms with Gasteiger partial charge in [0, 0.05) is 0 Å². The normalized spacial score (nSPS) is 18.3. The van der Waals surface area contributed by atoms with Crippen molar-refractivity contribution in [2.24, 2.45) is 5.41 Å². The van der Waals surface area contributed by atoms with E-state index < -0.39 is 0 Å². The summed E-state index contributed by atoms with van der Waals surface area (Å²) in [6, 6.07) is 8.92. The van der Waals surface area contributed by atoms with Gasteiger partial charge in [0.25, 0.3) is 0 Å². The molecule has 0 amide bonds. The second kappa shape index (κ2) is 4.22. The van der Waals surface area contributed by atoms with Crippen LogP contribution in [0.5, 0.6) is 0 Å². The molecule has 1 aliphatic carbocycles. The van der Waals surface area contributed by atoms with Crippen LogP contribution in [0.2, 0.25) is 0 Å². The maximum atomic E-state index is 2.33. The van der Waals surface area contributed by atoms with Gasteiger partial charge in [0.1, 0.15) is 0 Å². The van der Waals surface area contributed by atoms with Crippen LogP contribution in [-0.4, -0.2) is 0 Å². The minimum atomic E-state index is 0.510. The Hall–Kier alpha value is -1.04. The molecule has 0 saturated carbocycles. The summed E-state index contributed by atoms with van der Waals surface area (Å²) in [5.74, 6) is 0. The van der Waals surface area contributed by atoms with Crippen LogP contribution in [0.1, 0.15) is 37.8 Å². The van der Waals surface area contributed by atoms with Gasteiger partial charge in [0.05, 0.1) is 0 Å². The van der Waals surface area contributed by atoms with E-state index in [0.29, 0.717) is 5.41 Å². The molecule has 0 nitrogen and oxygen atoms in total. The van der Waals surface area contributed by atoms with Gasteiger partial charge in [-0.25, -0.2) is 0 Å². The molecule has 80 valence electrons. The average Bonchev–Trinajstić information content (AvgIpc) is 2.65. The monoisotopic (exact) mass is 200 g/mol. The Kier molecular flexibility index (Phi) is 2.95. The van der Waals surface area contributed by atoms with Crippen LogP contribution in [0.25, 0.3) is 0 Å². The molecule has 0 atom stereocenters. The van der Waals surface area contributed by atoms with Crippen molar-refractivity contribution < 1.29 is 0 Å². The van der Waals surface area contributed by atoms with Crippen molar-refractivity contribution in [3.8, 4) is 0 Å². The second-order valence-corrected chi connectivity index (χ2v) is 4.75. The first-order chi connectivity index (χ1) is 7.29. The highest BCUT2D eigenvalue weighted by molar-refractivity contribution is 5.34. The Morgan fingerprint density at radius 2 is 1.80 bits per heavy atom. The summed E-state index contributed by atoms with van der Waals surface area (Å²) in [6.45, 7) is 4.45. The minimum absolute atomic E-state index is 0.510. The Balaban J connectivity index is 2.21. The standard InChI is InChI=1S/C15H20/c1-3-5-10-15(4-2)11-13-8-6-7-9-14(13)12-15/h3,5-9H,4,10-12H2,1-2H3/b5-3+. The van der Waals surface area contributed by atoms with Gasteiger partial charge in [-0.15, -0.1) is 0 Å². The van der Waals surface area contributed by atoms with E-state index in [4.69, 9.17) is 0 Å². The summed E-state index contributed by atoms with van der Waals surface area (Å²) in [4.78, 5) is 0. The first-order valence-corrected chi connectivity index (χ1v) is 5.97. The summed E-state index contributed by atoms with van der Waals surface area (Å²) in [5.41, 5.74) is 3.66. The first kappa shape index (κ1) is 10.5. The minimum Gasteiger partial charge on any atom is -0.0916 e. The number of benzene rings is 1. The summed E-state index contributed by atoms with van der Waals surface area (Å²) in [5, 5.41) is 0. The number of hydrogen-bond acceptors (Lipinski definition) is 0. The lowest BCUT2D eigenvalue weighted by Crippen LogP contribution is -2.19. The van der Waals surface area contributed by atoms with Gasteiger partial charge in [-0.2, -0.15) is 0 Å². The van der Waals surface area contributed by atoms with Crippen molar-refractivity contribution in [3.05, 3.63) is 47.5 Å². The fourth-order valence-corrected chi connectivity index (χ4v) is 2.68. The van der Waals surface area contributed by atoms with Crippen molar-refractivity contribution in [3.63, 3.8) is 0 Å². The number of fused-ring (bicyclic) bond motifs is 1. The van der Waals surface area contributed by atoms with Gasteiger partial charge < -0.3 is 0 Å². The van der Waals surface area contributed by atoms with Crippen molar-refractivity contribution in [1.29, 1.82) is 0 Å². The lowest BCUT2D eigenvalue weighted by atomic mass is 9.79. The predicted molar refractivity (Wildman–Crippen MR) is 66.0 cm³/mol. The van der Waals surface area contributed by atoms with Crippen molar-refractivity contribution in [2.75, 3.05) is 0 Å². The van der Waals surface area contributed by atoms with Gasteiger partial charge in [-0.1, -0.05) is 43.3 Å². The molecule has 0 aromatic heterocycles. The second-order valence-electron chi connectivity index (χ2n) is 4.75. The fourth-order valence-electron chi connectivity index (χ4n) is 2.68. The van der Waals surface area contributed by atoms with E-state index in [0.717, 1.165) is 0 Å². The molecule has 0 radical (unpaired) electrons. The molecule has 0 heteroatoms. The highest BCUT2D eigenvalue weighted by Gasteiger charge is 2.34. The molecule has 0 fully saturated rings. The van der Waals surface area contributed by atoms with Gasteiger partial charge in [0.15, 0.2) is 0 Å². The Morgan fingerprint density at radius 3 is 2.27 bits per heavy atom. The summed E-state index contributed by atoms with van der Waals surface area (Å²) >= 11 is 0. The van der Waals surface area contributed by atoms with E-state index in [1.165, 1.54) is 25.7 Å². The van der Waals surface area contributed by atoms with E-state index in [-0.39, 0.29) is 0 Å². The van der Waals surface area contributed by atoms with Crippen molar-refractivity contribution in [1.82, 2.24) is 0 Å². The van der Waals surface area contributed by atoms with E-state index in [2.05, 4.69) is 50.3 Å². The zero-order valence-electron chi connectivity index (χ0n) is 9.79. The Morgan fingerprint density at radius 1 is 1.20 bits per heavy atom. The number of allylic oxidation sites excluding steroid dienone is 2. The number of hydrogen-bond donors (Lipinski definition) is 0. The summed E-state index contributed by atoms with van der Waals surface area (Å²) < 4.78 is 0. The predicted octanol–water partition coefficient (Wildman–Crippen LogP) is 4.15.